The molecule has 35 heavy (non-hydrogen) atoms. The average molecular weight is 463 g/mol. The number of carbonyl (C=O) groups excluding carboxylic acids is 2. The fourth-order valence-corrected chi connectivity index (χ4v) is 4.69. The summed E-state index contributed by atoms with van der Waals surface area (Å²) in [6.45, 7) is 0.380. The molecular weight excluding hydrogens is 436 g/mol. The van der Waals surface area contributed by atoms with Crippen molar-refractivity contribution >= 4 is 11.8 Å². The Hall–Kier alpha value is -4.38. The molecule has 0 radical (unpaired) electrons. The fourth-order valence-electron chi connectivity index (χ4n) is 4.69. The molecule has 0 fully saturated rings. The highest BCUT2D eigenvalue weighted by Crippen LogP contribution is 2.43. The normalized spacial score (nSPS) is 14.6. The number of hydrogen-bond donors (Lipinski definition) is 1. The lowest BCUT2D eigenvalue weighted by atomic mass is 9.95. The van der Waals surface area contributed by atoms with Crippen LogP contribution in [0.4, 0.5) is 0 Å². The number of benzene rings is 4. The van der Waals surface area contributed by atoms with Gasteiger partial charge >= 0.3 is 0 Å². The molecule has 0 saturated heterocycles. The van der Waals surface area contributed by atoms with Gasteiger partial charge in [0.05, 0.1) is 13.2 Å². The van der Waals surface area contributed by atoms with Crippen LogP contribution < -0.4 is 10.1 Å². The van der Waals surface area contributed by atoms with E-state index in [1.165, 1.54) is 0 Å². The summed E-state index contributed by atoms with van der Waals surface area (Å²) in [6, 6.07) is 33.6. The van der Waals surface area contributed by atoms with Crippen LogP contribution in [-0.4, -0.2) is 23.8 Å². The van der Waals surface area contributed by atoms with Crippen molar-refractivity contribution in [3.63, 3.8) is 0 Å². The van der Waals surface area contributed by atoms with Gasteiger partial charge in [-0.1, -0.05) is 97.1 Å². The van der Waals surface area contributed by atoms with Crippen LogP contribution in [0.15, 0.2) is 109 Å². The topological polar surface area (TPSA) is 58.6 Å². The molecule has 174 valence electrons. The zero-order valence-electron chi connectivity index (χ0n) is 19.4. The van der Waals surface area contributed by atoms with Crippen molar-refractivity contribution in [1.82, 2.24) is 10.2 Å². The third-order valence-corrected chi connectivity index (χ3v) is 6.36. The zero-order valence-corrected chi connectivity index (χ0v) is 19.4. The van der Waals surface area contributed by atoms with Gasteiger partial charge < -0.3 is 15.0 Å². The van der Waals surface area contributed by atoms with Crippen LogP contribution in [0.3, 0.4) is 0 Å². The molecule has 0 aliphatic carbocycles. The van der Waals surface area contributed by atoms with E-state index in [4.69, 9.17) is 4.74 Å². The van der Waals surface area contributed by atoms with E-state index in [9.17, 15) is 9.59 Å². The van der Waals surface area contributed by atoms with Gasteiger partial charge in [0.1, 0.15) is 11.8 Å². The van der Waals surface area contributed by atoms with E-state index in [0.29, 0.717) is 23.4 Å². The first kappa shape index (κ1) is 22.4. The standard InChI is InChI=1S/C30H26N2O3/c1-35-24-17-18-25-26(19-24)30(34)32(28(25)29(33)31-20-21-11-5-2-6-12-21)27(22-13-7-3-8-14-22)23-15-9-4-10-16-23/h2-19,27-28H,20H2,1H3,(H,31,33). The summed E-state index contributed by atoms with van der Waals surface area (Å²) in [6.07, 6.45) is 0. The largest absolute Gasteiger partial charge is 0.497 e. The molecule has 5 nitrogen and oxygen atoms in total. The third kappa shape index (κ3) is 4.41. The van der Waals surface area contributed by atoms with Crippen molar-refractivity contribution in [1.29, 1.82) is 0 Å². The maximum atomic E-state index is 13.9. The highest BCUT2D eigenvalue weighted by molar-refractivity contribution is 6.05. The summed E-state index contributed by atoms with van der Waals surface area (Å²) >= 11 is 0. The average Bonchev–Trinajstić information content (AvgIpc) is 3.20. The SMILES string of the molecule is COc1ccc2c(c1)C(=O)N(C(c1ccccc1)c1ccccc1)C2C(=O)NCc1ccccc1. The molecule has 1 unspecified atom stereocenters. The number of amides is 2. The highest BCUT2D eigenvalue weighted by Gasteiger charge is 2.45. The molecule has 1 N–H and O–H groups in total. The number of nitrogens with zero attached hydrogens (tertiary/aromatic N) is 1. The van der Waals surface area contributed by atoms with Crippen LogP contribution in [-0.2, 0) is 11.3 Å². The third-order valence-electron chi connectivity index (χ3n) is 6.36. The second kappa shape index (κ2) is 9.85. The predicted molar refractivity (Wildman–Crippen MR) is 135 cm³/mol. The minimum absolute atomic E-state index is 0.198. The van der Waals surface area contributed by atoms with Gasteiger partial charge in [0.25, 0.3) is 5.91 Å². The maximum Gasteiger partial charge on any atom is 0.256 e. The zero-order chi connectivity index (χ0) is 24.2. The van der Waals surface area contributed by atoms with Gasteiger partial charge in [0, 0.05) is 12.1 Å². The van der Waals surface area contributed by atoms with E-state index in [1.54, 1.807) is 24.1 Å². The molecular formula is C30H26N2O3. The molecule has 5 heteroatoms. The lowest BCUT2D eigenvalue weighted by Crippen LogP contribution is -2.41. The molecule has 4 aromatic carbocycles. The molecule has 5 rings (SSSR count). The fraction of sp³-hybridized carbons (Fsp3) is 0.133. The quantitative estimate of drug-likeness (QED) is 0.406. The number of fused-ring (bicyclic) bond motifs is 1. The maximum absolute atomic E-state index is 13.9. The summed E-state index contributed by atoms with van der Waals surface area (Å²) in [5, 5.41) is 3.05. The summed E-state index contributed by atoms with van der Waals surface area (Å²) < 4.78 is 5.38. The Morgan fingerprint density at radius 1 is 0.857 bits per heavy atom. The first-order valence-electron chi connectivity index (χ1n) is 11.6. The smallest absolute Gasteiger partial charge is 0.256 e. The first-order chi connectivity index (χ1) is 17.2. The molecule has 2 amide bonds. The number of nitrogens with one attached hydrogen (secondary N) is 1. The highest BCUT2D eigenvalue weighted by atomic mass is 16.5. The molecule has 1 atom stereocenters. The minimum Gasteiger partial charge on any atom is -0.497 e. The van der Waals surface area contributed by atoms with Gasteiger partial charge in [-0.15, -0.1) is 0 Å². The van der Waals surface area contributed by atoms with Crippen LogP contribution >= 0.6 is 0 Å². The molecule has 0 spiro atoms. The number of ether oxygens (including phenoxy) is 1. The lowest BCUT2D eigenvalue weighted by Gasteiger charge is -2.33. The van der Waals surface area contributed by atoms with Gasteiger partial charge in [-0.05, 0) is 34.4 Å². The molecule has 0 saturated carbocycles. The Balaban J connectivity index is 1.59. The summed E-state index contributed by atoms with van der Waals surface area (Å²) in [5.41, 5.74) is 4.04. The van der Waals surface area contributed by atoms with Crippen molar-refractivity contribution in [2.45, 2.75) is 18.6 Å². The summed E-state index contributed by atoms with van der Waals surface area (Å²) in [4.78, 5) is 29.4. The van der Waals surface area contributed by atoms with Gasteiger partial charge in [0.15, 0.2) is 0 Å². The van der Waals surface area contributed by atoms with E-state index in [-0.39, 0.29) is 11.8 Å². The lowest BCUT2D eigenvalue weighted by molar-refractivity contribution is -0.126. The Labute approximate surface area is 205 Å². The van der Waals surface area contributed by atoms with E-state index < -0.39 is 12.1 Å². The Morgan fingerprint density at radius 2 is 1.43 bits per heavy atom. The van der Waals surface area contributed by atoms with E-state index in [0.717, 1.165) is 16.7 Å². The summed E-state index contributed by atoms with van der Waals surface area (Å²) in [7, 11) is 1.57. The first-order valence-corrected chi connectivity index (χ1v) is 11.6. The van der Waals surface area contributed by atoms with Crippen molar-refractivity contribution in [2.24, 2.45) is 0 Å². The van der Waals surface area contributed by atoms with Gasteiger partial charge in [-0.3, -0.25) is 9.59 Å². The van der Waals surface area contributed by atoms with Gasteiger partial charge in [-0.2, -0.15) is 0 Å². The van der Waals surface area contributed by atoms with Crippen molar-refractivity contribution in [2.75, 3.05) is 7.11 Å². The Bertz CT molecular complexity index is 1280. The second-order valence-electron chi connectivity index (χ2n) is 8.50. The van der Waals surface area contributed by atoms with Crippen LogP contribution in [0.2, 0.25) is 0 Å². The Kier molecular flexibility index (Phi) is 6.31. The Morgan fingerprint density at radius 3 is 2.00 bits per heavy atom. The van der Waals surface area contributed by atoms with Crippen LogP contribution in [0.25, 0.3) is 0 Å². The van der Waals surface area contributed by atoms with Crippen molar-refractivity contribution < 1.29 is 14.3 Å². The molecule has 1 aliphatic heterocycles. The van der Waals surface area contributed by atoms with Gasteiger partial charge in [-0.25, -0.2) is 0 Å². The molecule has 0 aromatic heterocycles. The van der Waals surface area contributed by atoms with Crippen LogP contribution in [0.5, 0.6) is 5.75 Å². The summed E-state index contributed by atoms with van der Waals surface area (Å²) in [5.74, 6) is 0.165. The monoisotopic (exact) mass is 462 g/mol. The van der Waals surface area contributed by atoms with Crippen molar-refractivity contribution in [3.05, 3.63) is 137 Å². The number of carbonyl (C=O) groups is 2. The van der Waals surface area contributed by atoms with E-state index >= 15 is 0 Å². The number of hydrogen-bond acceptors (Lipinski definition) is 3. The van der Waals surface area contributed by atoms with Crippen molar-refractivity contribution in [3.8, 4) is 5.75 Å². The minimum atomic E-state index is -0.780. The van der Waals surface area contributed by atoms with E-state index in [1.807, 2.05) is 97.1 Å². The predicted octanol–water partition coefficient (Wildman–Crippen LogP) is 5.30. The van der Waals surface area contributed by atoms with Crippen LogP contribution in [0.1, 0.15) is 44.7 Å². The molecule has 4 aromatic rings. The molecule has 1 aliphatic rings. The second-order valence-corrected chi connectivity index (χ2v) is 8.50. The molecule has 0 bridgehead atoms. The molecule has 1 heterocycles. The van der Waals surface area contributed by atoms with Gasteiger partial charge in [0.2, 0.25) is 5.91 Å². The number of rotatable bonds is 7. The van der Waals surface area contributed by atoms with Crippen LogP contribution in [0, 0.1) is 0 Å². The van der Waals surface area contributed by atoms with E-state index in [2.05, 4.69) is 5.32 Å². The number of methoxy groups -OCH3 is 1.